The van der Waals surface area contributed by atoms with Gasteiger partial charge in [0.2, 0.25) is 5.91 Å². The van der Waals surface area contributed by atoms with Gasteiger partial charge in [-0.2, -0.15) is 11.3 Å². The first kappa shape index (κ1) is 21.4. The largest absolute Gasteiger partial charge is 0.356 e. The minimum atomic E-state index is 0. The Morgan fingerprint density at radius 1 is 1.35 bits per heavy atom. The van der Waals surface area contributed by atoms with Crippen molar-refractivity contribution in [1.82, 2.24) is 20.4 Å². The van der Waals surface area contributed by atoms with Crippen LogP contribution >= 0.6 is 35.3 Å². The topological polar surface area (TPSA) is 60.0 Å². The van der Waals surface area contributed by atoms with Gasteiger partial charge in [-0.25, -0.2) is 0 Å². The minimum Gasteiger partial charge on any atom is -0.356 e. The van der Waals surface area contributed by atoms with Gasteiger partial charge in [-0.15, -0.1) is 24.0 Å². The first-order valence-corrected chi connectivity index (χ1v) is 10.1. The zero-order chi connectivity index (χ0) is 17.6. The average molecular weight is 491 g/mol. The molecule has 3 rings (SSSR count). The van der Waals surface area contributed by atoms with Crippen molar-refractivity contribution < 1.29 is 4.79 Å². The van der Waals surface area contributed by atoms with Gasteiger partial charge in [0.25, 0.3) is 0 Å². The molecule has 1 aromatic heterocycles. The molecule has 146 valence electrons. The Bertz CT molecular complexity index is 582. The van der Waals surface area contributed by atoms with E-state index >= 15 is 0 Å². The molecule has 1 unspecified atom stereocenters. The van der Waals surface area contributed by atoms with Gasteiger partial charge < -0.3 is 15.5 Å². The van der Waals surface area contributed by atoms with Crippen LogP contribution in [0.1, 0.15) is 31.2 Å². The number of rotatable bonds is 6. The van der Waals surface area contributed by atoms with Crippen LogP contribution in [0.4, 0.5) is 0 Å². The lowest BCUT2D eigenvalue weighted by atomic mass is 10.1. The van der Waals surface area contributed by atoms with E-state index in [9.17, 15) is 4.79 Å². The summed E-state index contributed by atoms with van der Waals surface area (Å²) in [6, 6.07) is 2.63. The van der Waals surface area contributed by atoms with Crippen LogP contribution in [0.3, 0.4) is 0 Å². The summed E-state index contributed by atoms with van der Waals surface area (Å²) in [6.07, 6.45) is 2.29. The van der Waals surface area contributed by atoms with Crippen LogP contribution in [0, 0.1) is 0 Å². The van der Waals surface area contributed by atoms with Crippen molar-refractivity contribution in [2.45, 2.75) is 31.7 Å². The van der Waals surface area contributed by atoms with Crippen molar-refractivity contribution in [1.29, 1.82) is 0 Å². The second-order valence-corrected chi connectivity index (χ2v) is 7.77. The molecular weight excluding hydrogens is 461 g/mol. The molecule has 1 aromatic rings. The van der Waals surface area contributed by atoms with E-state index in [1.54, 1.807) is 11.3 Å². The highest BCUT2D eigenvalue weighted by atomic mass is 127. The van der Waals surface area contributed by atoms with Gasteiger partial charge in [-0.1, -0.05) is 6.92 Å². The first-order valence-electron chi connectivity index (χ1n) is 9.15. The summed E-state index contributed by atoms with van der Waals surface area (Å²) in [6.45, 7) is 7.25. The Labute approximate surface area is 177 Å². The van der Waals surface area contributed by atoms with Crippen molar-refractivity contribution in [3.63, 3.8) is 0 Å². The van der Waals surface area contributed by atoms with Crippen LogP contribution in [0.15, 0.2) is 21.8 Å². The second-order valence-electron chi connectivity index (χ2n) is 6.99. The SMILES string of the molecule is CN=C(NCC(C)c1ccsc1)N1CCN(CC(=O)NC2CC2)CC1.I. The van der Waals surface area contributed by atoms with Crippen LogP contribution in [-0.4, -0.2) is 74.0 Å². The first-order chi connectivity index (χ1) is 12.2. The molecule has 0 aromatic carbocycles. The third-order valence-electron chi connectivity index (χ3n) is 4.87. The van der Waals surface area contributed by atoms with E-state index in [-0.39, 0.29) is 29.9 Å². The quantitative estimate of drug-likeness (QED) is 0.363. The number of carbonyl (C=O) groups excluding carboxylic acids is 1. The molecule has 2 aliphatic rings. The maximum Gasteiger partial charge on any atom is 0.234 e. The fraction of sp³-hybridized carbons (Fsp3) is 0.667. The molecular formula is C18H30IN5OS. The number of piperazine rings is 1. The number of thiophene rings is 1. The van der Waals surface area contributed by atoms with Crippen LogP contribution in [0.25, 0.3) is 0 Å². The maximum absolute atomic E-state index is 11.9. The van der Waals surface area contributed by atoms with Crippen molar-refractivity contribution in [2.75, 3.05) is 46.3 Å². The summed E-state index contributed by atoms with van der Waals surface area (Å²) in [7, 11) is 1.84. The summed E-state index contributed by atoms with van der Waals surface area (Å²) in [5.41, 5.74) is 1.37. The molecule has 2 fully saturated rings. The number of hydrogen-bond donors (Lipinski definition) is 2. The minimum absolute atomic E-state index is 0. The Morgan fingerprint density at radius 2 is 2.08 bits per heavy atom. The zero-order valence-electron chi connectivity index (χ0n) is 15.6. The van der Waals surface area contributed by atoms with Gasteiger partial charge >= 0.3 is 0 Å². The number of guanidine groups is 1. The van der Waals surface area contributed by atoms with Crippen LogP contribution in [0.5, 0.6) is 0 Å². The monoisotopic (exact) mass is 491 g/mol. The molecule has 0 bridgehead atoms. The summed E-state index contributed by atoms with van der Waals surface area (Å²) in [4.78, 5) is 20.9. The zero-order valence-corrected chi connectivity index (χ0v) is 18.8. The molecule has 8 heteroatoms. The predicted octanol–water partition coefficient (Wildman–Crippen LogP) is 1.94. The molecule has 1 aliphatic heterocycles. The van der Waals surface area contributed by atoms with E-state index in [2.05, 4.69) is 49.2 Å². The summed E-state index contributed by atoms with van der Waals surface area (Å²) in [5.74, 6) is 1.60. The fourth-order valence-corrected chi connectivity index (χ4v) is 3.85. The van der Waals surface area contributed by atoms with Gasteiger partial charge in [0, 0.05) is 45.8 Å². The molecule has 1 saturated heterocycles. The van der Waals surface area contributed by atoms with E-state index in [1.807, 2.05) is 7.05 Å². The van der Waals surface area contributed by atoms with Crippen molar-refractivity contribution >= 4 is 47.2 Å². The lowest BCUT2D eigenvalue weighted by Crippen LogP contribution is -2.54. The molecule has 26 heavy (non-hydrogen) atoms. The molecule has 2 N–H and O–H groups in total. The van der Waals surface area contributed by atoms with E-state index in [0.717, 1.165) is 51.5 Å². The number of carbonyl (C=O) groups is 1. The highest BCUT2D eigenvalue weighted by molar-refractivity contribution is 14.0. The highest BCUT2D eigenvalue weighted by Crippen LogP contribution is 2.18. The van der Waals surface area contributed by atoms with Crippen LogP contribution in [-0.2, 0) is 4.79 Å². The lowest BCUT2D eigenvalue weighted by molar-refractivity contribution is -0.122. The Kier molecular flexibility index (Phi) is 8.62. The average Bonchev–Trinajstić information content (AvgIpc) is 3.25. The fourth-order valence-electron chi connectivity index (χ4n) is 3.07. The molecule has 0 radical (unpaired) electrons. The number of halogens is 1. The lowest BCUT2D eigenvalue weighted by Gasteiger charge is -2.36. The number of amides is 1. The molecule has 1 aliphatic carbocycles. The highest BCUT2D eigenvalue weighted by Gasteiger charge is 2.26. The third kappa shape index (κ3) is 6.38. The Hall–Kier alpha value is -0.870. The smallest absolute Gasteiger partial charge is 0.234 e. The van der Waals surface area contributed by atoms with E-state index in [0.29, 0.717) is 18.5 Å². The van der Waals surface area contributed by atoms with E-state index in [4.69, 9.17) is 0 Å². The number of nitrogens with one attached hydrogen (secondary N) is 2. The predicted molar refractivity (Wildman–Crippen MR) is 119 cm³/mol. The Balaban J connectivity index is 0.00000243. The van der Waals surface area contributed by atoms with Crippen LogP contribution < -0.4 is 10.6 Å². The summed E-state index contributed by atoms with van der Waals surface area (Å²) >= 11 is 1.74. The van der Waals surface area contributed by atoms with E-state index in [1.165, 1.54) is 5.56 Å². The molecule has 1 amide bonds. The van der Waals surface area contributed by atoms with Gasteiger partial charge in [-0.05, 0) is 41.1 Å². The molecule has 0 spiro atoms. The molecule has 1 saturated carbocycles. The number of aliphatic imine (C=N–C) groups is 1. The second kappa shape index (κ2) is 10.5. The van der Waals surface area contributed by atoms with Gasteiger partial charge in [0.1, 0.15) is 0 Å². The van der Waals surface area contributed by atoms with Crippen molar-refractivity contribution in [3.05, 3.63) is 22.4 Å². The summed E-state index contributed by atoms with van der Waals surface area (Å²) in [5, 5.41) is 10.9. The third-order valence-corrected chi connectivity index (χ3v) is 5.57. The molecule has 1 atom stereocenters. The van der Waals surface area contributed by atoms with Gasteiger partial charge in [-0.3, -0.25) is 14.7 Å². The van der Waals surface area contributed by atoms with Crippen molar-refractivity contribution in [3.8, 4) is 0 Å². The van der Waals surface area contributed by atoms with Crippen molar-refractivity contribution in [2.24, 2.45) is 4.99 Å². The van der Waals surface area contributed by atoms with Gasteiger partial charge in [0.15, 0.2) is 5.96 Å². The standard InChI is InChI=1S/C18H29N5OS.HI/c1-14(15-5-10-25-13-15)11-20-18(19-2)23-8-6-22(7-9-23)12-17(24)21-16-3-4-16;/h5,10,13-14,16H,3-4,6-9,11-12H2,1-2H3,(H,19,20)(H,21,24);1H. The number of nitrogens with zero attached hydrogens (tertiary/aromatic N) is 3. The maximum atomic E-state index is 11.9. The Morgan fingerprint density at radius 3 is 2.65 bits per heavy atom. The normalized spacial score (nSPS) is 19.6. The van der Waals surface area contributed by atoms with E-state index < -0.39 is 0 Å². The number of hydrogen-bond acceptors (Lipinski definition) is 4. The van der Waals surface area contributed by atoms with Crippen LogP contribution in [0.2, 0.25) is 0 Å². The van der Waals surface area contributed by atoms with Gasteiger partial charge in [0.05, 0.1) is 6.54 Å². The molecule has 6 nitrogen and oxygen atoms in total. The molecule has 2 heterocycles. The summed E-state index contributed by atoms with van der Waals surface area (Å²) < 4.78 is 0.